The van der Waals surface area contributed by atoms with Gasteiger partial charge in [0.1, 0.15) is 0 Å². The number of hydrogen-bond acceptors (Lipinski definition) is 8. The molecule has 1 amide bonds. The molecule has 0 spiro atoms. The van der Waals surface area contributed by atoms with E-state index in [1.54, 1.807) is 4.68 Å². The van der Waals surface area contributed by atoms with Crippen LogP contribution in [0.2, 0.25) is 0 Å². The lowest BCUT2D eigenvalue weighted by Crippen LogP contribution is -2.86. The fourth-order valence-corrected chi connectivity index (χ4v) is 10.3. The monoisotopic (exact) mass is 726 g/mol. The van der Waals surface area contributed by atoms with Gasteiger partial charge in [0.15, 0.2) is 5.69 Å². The molecule has 10 heteroatoms. The average molecular weight is 727 g/mol. The van der Waals surface area contributed by atoms with Crippen molar-refractivity contribution in [2.24, 2.45) is 24.8 Å². The number of unbranched alkanes of at least 4 members (excludes halogenated alkanes) is 1. The number of para-hydroxylation sites is 1. The summed E-state index contributed by atoms with van der Waals surface area (Å²) < 4.78 is 7.60. The van der Waals surface area contributed by atoms with Crippen molar-refractivity contribution in [3.8, 4) is 0 Å². The third-order valence-corrected chi connectivity index (χ3v) is 12.7. The summed E-state index contributed by atoms with van der Waals surface area (Å²) in [5, 5.41) is 40.6. The van der Waals surface area contributed by atoms with Crippen LogP contribution in [0.5, 0.6) is 0 Å². The number of benzene rings is 2. The molecule has 4 heterocycles. The van der Waals surface area contributed by atoms with E-state index in [0.29, 0.717) is 68.6 Å². The van der Waals surface area contributed by atoms with Crippen LogP contribution < -0.4 is 5.32 Å². The number of nitrogens with one attached hydrogen (secondary N) is 1. The second-order valence-electron chi connectivity index (χ2n) is 16.5. The zero-order chi connectivity index (χ0) is 37.1. The van der Waals surface area contributed by atoms with Crippen LogP contribution in [0.15, 0.2) is 66.7 Å². The summed E-state index contributed by atoms with van der Waals surface area (Å²) in [6.07, 6.45) is 13.2. The molecule has 10 nitrogen and oxygen atoms in total. The first-order chi connectivity index (χ1) is 25.6. The van der Waals surface area contributed by atoms with Crippen molar-refractivity contribution in [2.75, 3.05) is 0 Å². The van der Waals surface area contributed by atoms with Crippen LogP contribution in [-0.2, 0) is 23.0 Å². The standard InChI is InChI=1S/C43H58N4O6/c1-28(22-30-23-31-26-43(27-32(24-30)47(31)43)44-42(52)41-36-15-10-11-16-37(36)46(2)45-41)53-40(51)17-9-4-3-8-14-34-35(39(50)25-38(34)49)21-20-33(48)19-18-29-12-6-5-7-13-29/h3,5-8,10-13,15-16,28,30-35,38-39,48-50H,4,9,14,17-27H2,1-2H3,(H,44,52)/b8-3-/t28?,30?,31?,32?,33-,34+,35+,38-,39+,43?/m0/s1. The van der Waals surface area contributed by atoms with Crippen LogP contribution in [0.1, 0.15) is 106 Å². The molecule has 4 fully saturated rings. The number of aromatic nitrogens is 2. The van der Waals surface area contributed by atoms with Crippen LogP contribution in [0, 0.1) is 17.8 Å². The lowest BCUT2D eigenvalue weighted by molar-refractivity contribution is -0.239. The van der Waals surface area contributed by atoms with Crippen LogP contribution in [0.3, 0.4) is 0 Å². The molecule has 1 saturated carbocycles. The lowest BCUT2D eigenvalue weighted by Gasteiger charge is -2.73. The molecule has 0 bridgehead atoms. The number of hydrogen-bond donors (Lipinski definition) is 4. The maximum Gasteiger partial charge on any atom is 0.306 e. The third-order valence-electron chi connectivity index (χ3n) is 12.7. The molecule has 1 aliphatic carbocycles. The Balaban J connectivity index is 0.771. The number of esters is 1. The third kappa shape index (κ3) is 8.41. The maximum atomic E-state index is 13.3. The van der Waals surface area contributed by atoms with Gasteiger partial charge in [-0.2, -0.15) is 5.10 Å². The summed E-state index contributed by atoms with van der Waals surface area (Å²) in [6.45, 7) is 2.01. The quantitative estimate of drug-likeness (QED) is 0.0776. The van der Waals surface area contributed by atoms with Gasteiger partial charge in [-0.25, -0.2) is 0 Å². The summed E-state index contributed by atoms with van der Waals surface area (Å²) in [6, 6.07) is 18.9. The van der Waals surface area contributed by atoms with E-state index in [1.165, 1.54) is 5.56 Å². The van der Waals surface area contributed by atoms with Gasteiger partial charge in [-0.3, -0.25) is 19.2 Å². The van der Waals surface area contributed by atoms with E-state index in [2.05, 4.69) is 39.6 Å². The van der Waals surface area contributed by atoms with Crippen molar-refractivity contribution >= 4 is 22.8 Å². The van der Waals surface area contributed by atoms with Gasteiger partial charge in [-0.1, -0.05) is 60.7 Å². The highest BCUT2D eigenvalue weighted by molar-refractivity contribution is 6.05. The van der Waals surface area contributed by atoms with E-state index in [0.717, 1.165) is 55.8 Å². The van der Waals surface area contributed by atoms with Crippen LogP contribution >= 0.6 is 0 Å². The molecule has 4 aliphatic rings. The normalized spacial score (nSPS) is 30.4. The molecule has 3 unspecified atom stereocenters. The largest absolute Gasteiger partial charge is 0.463 e. The SMILES string of the molecule is CC(CC1CC2CC3(NC(=O)c4nn(C)c5ccccc45)CC(C1)N23)OC(=O)CCC/C=C\C[C@@H]1[C@@H](CC[C@@H](O)CCc2ccccc2)[C@H](O)C[C@@H]1O. The maximum absolute atomic E-state index is 13.3. The molecular formula is C43H58N4O6. The van der Waals surface area contributed by atoms with Crippen LogP contribution in [0.4, 0.5) is 0 Å². The van der Waals surface area contributed by atoms with Crippen molar-refractivity contribution in [2.45, 2.75) is 139 Å². The van der Waals surface area contributed by atoms with Gasteiger partial charge in [-0.15, -0.1) is 0 Å². The fourth-order valence-electron chi connectivity index (χ4n) is 10.3. The smallest absolute Gasteiger partial charge is 0.306 e. The van der Waals surface area contributed by atoms with Crippen molar-refractivity contribution < 1.29 is 29.6 Å². The van der Waals surface area contributed by atoms with Gasteiger partial charge in [0.05, 0.1) is 35.6 Å². The first-order valence-corrected chi connectivity index (χ1v) is 20.1. The molecule has 7 rings (SSSR count). The van der Waals surface area contributed by atoms with Crippen LogP contribution in [-0.4, -0.2) is 84.0 Å². The van der Waals surface area contributed by atoms with E-state index in [9.17, 15) is 24.9 Å². The number of carbonyl (C=O) groups is 2. The van der Waals surface area contributed by atoms with Gasteiger partial charge in [0, 0.05) is 30.9 Å². The number of fused-ring (bicyclic) bond motifs is 1. The Morgan fingerprint density at radius 2 is 1.70 bits per heavy atom. The summed E-state index contributed by atoms with van der Waals surface area (Å²) >= 11 is 0. The Hall–Kier alpha value is -3.57. The minimum Gasteiger partial charge on any atom is -0.463 e. The highest BCUT2D eigenvalue weighted by Crippen LogP contribution is 2.57. The van der Waals surface area contributed by atoms with Gasteiger partial charge in [0.25, 0.3) is 5.91 Å². The second-order valence-corrected chi connectivity index (χ2v) is 16.5. The highest BCUT2D eigenvalue weighted by atomic mass is 16.5. The topological polar surface area (TPSA) is 137 Å². The molecule has 1 aromatic heterocycles. The number of amides is 1. The van der Waals surface area contributed by atoms with Crippen LogP contribution in [0.25, 0.3) is 10.9 Å². The van der Waals surface area contributed by atoms with Gasteiger partial charge >= 0.3 is 5.97 Å². The predicted octanol–water partition coefficient (Wildman–Crippen LogP) is 5.83. The number of aliphatic hydroxyl groups is 3. The number of piperidine rings is 2. The summed E-state index contributed by atoms with van der Waals surface area (Å²) in [4.78, 5) is 28.5. The van der Waals surface area contributed by atoms with Crippen molar-refractivity contribution in [3.05, 3.63) is 78.0 Å². The number of ether oxygens (including phenoxy) is 1. The fraction of sp³-hybridized carbons (Fsp3) is 0.605. The summed E-state index contributed by atoms with van der Waals surface area (Å²) in [7, 11) is 1.87. The van der Waals surface area contributed by atoms with Gasteiger partial charge in [-0.05, 0) is 120 Å². The number of aliphatic hydroxyl groups excluding tert-OH is 3. The Bertz CT molecular complexity index is 1730. The van der Waals surface area contributed by atoms with E-state index >= 15 is 0 Å². The minimum absolute atomic E-state index is 0.0253. The van der Waals surface area contributed by atoms with Crippen molar-refractivity contribution in [1.29, 1.82) is 0 Å². The zero-order valence-electron chi connectivity index (χ0n) is 31.4. The summed E-state index contributed by atoms with van der Waals surface area (Å²) in [5.74, 6) is 0.199. The Labute approximate surface area is 313 Å². The lowest BCUT2D eigenvalue weighted by atomic mass is 9.61. The first-order valence-electron chi connectivity index (χ1n) is 20.1. The van der Waals surface area contributed by atoms with Gasteiger partial charge < -0.3 is 25.4 Å². The average Bonchev–Trinajstić information content (AvgIpc) is 3.60. The van der Waals surface area contributed by atoms with Crippen molar-refractivity contribution in [1.82, 2.24) is 20.0 Å². The minimum atomic E-state index is -0.545. The number of carbonyl (C=O) groups excluding carboxylic acids is 2. The molecular weight excluding hydrogens is 668 g/mol. The molecule has 3 aromatic rings. The molecule has 3 aliphatic heterocycles. The number of aryl methyl sites for hydroxylation is 2. The predicted molar refractivity (Wildman–Crippen MR) is 204 cm³/mol. The Kier molecular flexibility index (Phi) is 11.7. The molecule has 4 N–H and O–H groups in total. The summed E-state index contributed by atoms with van der Waals surface area (Å²) in [5.41, 5.74) is 2.41. The number of allylic oxidation sites excluding steroid dienone is 2. The van der Waals surface area contributed by atoms with E-state index in [4.69, 9.17) is 4.74 Å². The Morgan fingerprint density at radius 1 is 0.981 bits per heavy atom. The molecule has 3 saturated heterocycles. The molecule has 0 radical (unpaired) electrons. The number of rotatable bonds is 17. The molecule has 53 heavy (non-hydrogen) atoms. The molecule has 2 aromatic carbocycles. The van der Waals surface area contributed by atoms with E-state index < -0.39 is 18.3 Å². The first kappa shape index (κ1) is 37.7. The van der Waals surface area contributed by atoms with Gasteiger partial charge in [0.2, 0.25) is 0 Å². The van der Waals surface area contributed by atoms with E-state index in [-0.39, 0.29) is 35.5 Å². The van der Waals surface area contributed by atoms with E-state index in [1.807, 2.05) is 56.4 Å². The molecule has 8 atom stereocenters. The Morgan fingerprint density at radius 3 is 2.47 bits per heavy atom. The zero-order valence-corrected chi connectivity index (χ0v) is 31.4. The second kappa shape index (κ2) is 16.4. The number of nitrogens with zero attached hydrogens (tertiary/aromatic N) is 3. The molecule has 286 valence electrons. The van der Waals surface area contributed by atoms with Crippen molar-refractivity contribution in [3.63, 3.8) is 0 Å². The highest BCUT2D eigenvalue weighted by Gasteiger charge is 2.66.